The first-order chi connectivity index (χ1) is 6.67. The Morgan fingerprint density at radius 1 is 1.29 bits per heavy atom. The van der Waals surface area contributed by atoms with Crippen LogP contribution in [0.2, 0.25) is 0 Å². The third-order valence-electron chi connectivity index (χ3n) is 3.86. The van der Waals surface area contributed by atoms with Crippen LogP contribution in [0.5, 0.6) is 0 Å². The summed E-state index contributed by atoms with van der Waals surface area (Å²) in [5.74, 6) is 0. The van der Waals surface area contributed by atoms with Gasteiger partial charge in [0.15, 0.2) is 0 Å². The number of hydrogen-bond donors (Lipinski definition) is 1. The van der Waals surface area contributed by atoms with E-state index in [-0.39, 0.29) is 0 Å². The molecular weight excluding hydrogens is 174 g/mol. The minimum atomic E-state index is 0.373. The lowest BCUT2D eigenvalue weighted by Gasteiger charge is -2.29. The Labute approximate surface area is 88.4 Å². The van der Waals surface area contributed by atoms with Crippen molar-refractivity contribution in [1.29, 1.82) is 0 Å². The lowest BCUT2D eigenvalue weighted by molar-refractivity contribution is -0.000779. The van der Waals surface area contributed by atoms with E-state index < -0.39 is 0 Å². The Hall–Kier alpha value is -0.0800. The topological polar surface area (TPSA) is 21.3 Å². The zero-order valence-corrected chi connectivity index (χ0v) is 10.1. The summed E-state index contributed by atoms with van der Waals surface area (Å²) in [6.07, 6.45) is 3.92. The molecule has 2 unspecified atom stereocenters. The van der Waals surface area contributed by atoms with Gasteiger partial charge < -0.3 is 10.1 Å². The molecule has 1 saturated heterocycles. The second-order valence-corrected chi connectivity index (χ2v) is 4.63. The SMILES string of the molecule is CCC1OCC(CC)(CC)CNC1C. The van der Waals surface area contributed by atoms with Crippen LogP contribution in [-0.2, 0) is 4.74 Å². The quantitative estimate of drug-likeness (QED) is 0.754. The van der Waals surface area contributed by atoms with Crippen LogP contribution in [0.25, 0.3) is 0 Å². The van der Waals surface area contributed by atoms with Gasteiger partial charge in [0.25, 0.3) is 0 Å². The lowest BCUT2D eigenvalue weighted by Crippen LogP contribution is -2.39. The summed E-state index contributed by atoms with van der Waals surface area (Å²) in [4.78, 5) is 0. The molecule has 0 bridgehead atoms. The third kappa shape index (κ3) is 2.48. The molecule has 1 N–H and O–H groups in total. The van der Waals surface area contributed by atoms with Crippen LogP contribution >= 0.6 is 0 Å². The zero-order chi connectivity index (χ0) is 10.6. The standard InChI is InChI=1S/C12H25NO/c1-5-11-10(4)13-8-12(6-2,7-3)9-14-11/h10-11,13H,5-9H2,1-4H3. The average molecular weight is 199 g/mol. The van der Waals surface area contributed by atoms with Gasteiger partial charge in [0.1, 0.15) is 0 Å². The minimum absolute atomic E-state index is 0.373. The smallest absolute Gasteiger partial charge is 0.0722 e. The molecular formula is C12H25NO. The van der Waals surface area contributed by atoms with E-state index in [1.807, 2.05) is 0 Å². The maximum Gasteiger partial charge on any atom is 0.0722 e. The normalized spacial score (nSPS) is 32.6. The van der Waals surface area contributed by atoms with Gasteiger partial charge in [0, 0.05) is 18.0 Å². The Kier molecular flexibility index (Phi) is 4.39. The molecule has 84 valence electrons. The average Bonchev–Trinajstić information content (AvgIpc) is 2.38. The van der Waals surface area contributed by atoms with Gasteiger partial charge in [-0.2, -0.15) is 0 Å². The molecule has 14 heavy (non-hydrogen) atoms. The lowest BCUT2D eigenvalue weighted by atomic mass is 9.83. The van der Waals surface area contributed by atoms with Crippen LogP contribution in [0.1, 0.15) is 47.0 Å². The van der Waals surface area contributed by atoms with Crippen molar-refractivity contribution in [2.45, 2.75) is 59.1 Å². The van der Waals surface area contributed by atoms with Crippen molar-refractivity contribution >= 4 is 0 Å². The van der Waals surface area contributed by atoms with Gasteiger partial charge in [0.05, 0.1) is 12.7 Å². The predicted octanol–water partition coefficient (Wildman–Crippen LogP) is 2.58. The Balaban J connectivity index is 2.62. The number of hydrogen-bond acceptors (Lipinski definition) is 2. The van der Waals surface area contributed by atoms with Crippen molar-refractivity contribution in [2.24, 2.45) is 5.41 Å². The number of nitrogens with one attached hydrogen (secondary N) is 1. The monoisotopic (exact) mass is 199 g/mol. The van der Waals surface area contributed by atoms with Gasteiger partial charge in [-0.15, -0.1) is 0 Å². The van der Waals surface area contributed by atoms with Crippen molar-refractivity contribution in [3.8, 4) is 0 Å². The summed E-state index contributed by atoms with van der Waals surface area (Å²) in [6, 6.07) is 0.500. The molecule has 0 spiro atoms. The van der Waals surface area contributed by atoms with Crippen LogP contribution in [0.3, 0.4) is 0 Å². The molecule has 0 amide bonds. The molecule has 1 rings (SSSR count). The zero-order valence-electron chi connectivity index (χ0n) is 10.1. The van der Waals surface area contributed by atoms with Gasteiger partial charge in [-0.25, -0.2) is 0 Å². The summed E-state index contributed by atoms with van der Waals surface area (Å²) in [5, 5.41) is 3.61. The predicted molar refractivity (Wildman–Crippen MR) is 60.5 cm³/mol. The summed E-state index contributed by atoms with van der Waals surface area (Å²) in [5.41, 5.74) is 0.373. The van der Waals surface area contributed by atoms with Crippen molar-refractivity contribution in [1.82, 2.24) is 5.32 Å². The van der Waals surface area contributed by atoms with Crippen LogP contribution in [0.15, 0.2) is 0 Å². The molecule has 1 heterocycles. The maximum atomic E-state index is 6.00. The third-order valence-corrected chi connectivity index (χ3v) is 3.86. The molecule has 0 radical (unpaired) electrons. The second-order valence-electron chi connectivity index (χ2n) is 4.63. The molecule has 0 aliphatic carbocycles. The molecule has 1 aliphatic heterocycles. The Morgan fingerprint density at radius 2 is 1.93 bits per heavy atom. The summed E-state index contributed by atoms with van der Waals surface area (Å²) in [7, 11) is 0. The van der Waals surface area contributed by atoms with Crippen molar-refractivity contribution < 1.29 is 4.74 Å². The number of rotatable bonds is 3. The molecule has 1 aliphatic rings. The van der Waals surface area contributed by atoms with Crippen LogP contribution in [0, 0.1) is 5.41 Å². The van der Waals surface area contributed by atoms with Gasteiger partial charge in [-0.3, -0.25) is 0 Å². The first kappa shape index (κ1) is 12.0. The fraction of sp³-hybridized carbons (Fsp3) is 1.00. The molecule has 1 fully saturated rings. The highest BCUT2D eigenvalue weighted by Gasteiger charge is 2.32. The van der Waals surface area contributed by atoms with E-state index in [4.69, 9.17) is 4.74 Å². The maximum absolute atomic E-state index is 6.00. The minimum Gasteiger partial charge on any atom is -0.376 e. The Bertz CT molecular complexity index is 166. The highest BCUT2D eigenvalue weighted by atomic mass is 16.5. The Morgan fingerprint density at radius 3 is 2.43 bits per heavy atom. The van der Waals surface area contributed by atoms with Crippen LogP contribution < -0.4 is 5.32 Å². The van der Waals surface area contributed by atoms with Crippen LogP contribution in [0.4, 0.5) is 0 Å². The van der Waals surface area contributed by atoms with Crippen molar-refractivity contribution in [3.05, 3.63) is 0 Å². The van der Waals surface area contributed by atoms with E-state index in [9.17, 15) is 0 Å². The fourth-order valence-electron chi connectivity index (χ4n) is 2.16. The molecule has 0 saturated carbocycles. The largest absolute Gasteiger partial charge is 0.376 e. The molecule has 2 nitrogen and oxygen atoms in total. The summed E-state index contributed by atoms with van der Waals surface area (Å²) < 4.78 is 6.00. The molecule has 2 heteroatoms. The van der Waals surface area contributed by atoms with E-state index in [0.717, 1.165) is 19.6 Å². The van der Waals surface area contributed by atoms with Crippen molar-refractivity contribution in [3.63, 3.8) is 0 Å². The second kappa shape index (κ2) is 5.13. The molecule has 0 aromatic rings. The van der Waals surface area contributed by atoms with Crippen molar-refractivity contribution in [2.75, 3.05) is 13.2 Å². The highest BCUT2D eigenvalue weighted by molar-refractivity contribution is 4.86. The van der Waals surface area contributed by atoms with Gasteiger partial charge in [-0.05, 0) is 26.2 Å². The summed E-state index contributed by atoms with van der Waals surface area (Å²) >= 11 is 0. The van der Waals surface area contributed by atoms with E-state index >= 15 is 0 Å². The van der Waals surface area contributed by atoms with E-state index in [1.54, 1.807) is 0 Å². The van der Waals surface area contributed by atoms with E-state index in [2.05, 4.69) is 33.0 Å². The van der Waals surface area contributed by atoms with E-state index in [1.165, 1.54) is 12.8 Å². The fourth-order valence-corrected chi connectivity index (χ4v) is 2.16. The first-order valence-corrected chi connectivity index (χ1v) is 6.02. The van der Waals surface area contributed by atoms with Gasteiger partial charge in [-0.1, -0.05) is 20.8 Å². The molecule has 0 aromatic carbocycles. The first-order valence-electron chi connectivity index (χ1n) is 6.02. The molecule has 2 atom stereocenters. The number of ether oxygens (including phenoxy) is 1. The van der Waals surface area contributed by atoms with E-state index in [0.29, 0.717) is 17.6 Å². The summed E-state index contributed by atoms with van der Waals surface area (Å²) in [6.45, 7) is 11.0. The van der Waals surface area contributed by atoms with Gasteiger partial charge in [0.2, 0.25) is 0 Å². The molecule has 0 aromatic heterocycles. The van der Waals surface area contributed by atoms with Crippen LogP contribution in [-0.4, -0.2) is 25.3 Å². The highest BCUT2D eigenvalue weighted by Crippen LogP contribution is 2.29. The van der Waals surface area contributed by atoms with Gasteiger partial charge >= 0.3 is 0 Å².